The zero-order chi connectivity index (χ0) is 10.8. The molecule has 0 radical (unpaired) electrons. The van der Waals surface area contributed by atoms with Crippen LogP contribution in [0, 0.1) is 0 Å². The highest BCUT2D eigenvalue weighted by Crippen LogP contribution is 2.32. The van der Waals surface area contributed by atoms with Crippen LogP contribution in [-0.2, 0) is 0 Å². The highest BCUT2D eigenvalue weighted by molar-refractivity contribution is 5.60. The summed E-state index contributed by atoms with van der Waals surface area (Å²) in [5.41, 5.74) is 1.92. The van der Waals surface area contributed by atoms with Gasteiger partial charge in [0.1, 0.15) is 0 Å². The van der Waals surface area contributed by atoms with Gasteiger partial charge in [-0.05, 0) is 30.2 Å². The maximum atomic E-state index is 9.38. The molecule has 4 nitrogen and oxygen atoms in total. The summed E-state index contributed by atoms with van der Waals surface area (Å²) in [5.74, 6) is -0.229. The second-order valence-electron chi connectivity index (χ2n) is 3.48. The standard InChI is InChI=1S/C11H12N2O2/c1-7-5-12-6-13-11(7)8-2-3-9(14)10(15)4-8/h2-6,11,14-15H,1H3,(H,12,13)/t11-/m0/s1. The van der Waals surface area contributed by atoms with E-state index in [1.54, 1.807) is 12.4 Å². The maximum Gasteiger partial charge on any atom is 0.157 e. The molecule has 1 aromatic rings. The first-order valence-electron chi connectivity index (χ1n) is 4.65. The van der Waals surface area contributed by atoms with Gasteiger partial charge >= 0.3 is 0 Å². The van der Waals surface area contributed by atoms with Crippen molar-refractivity contribution >= 4 is 6.34 Å². The third kappa shape index (κ3) is 1.79. The summed E-state index contributed by atoms with van der Waals surface area (Å²) in [7, 11) is 0. The van der Waals surface area contributed by atoms with Gasteiger partial charge in [-0.25, -0.2) is 0 Å². The molecule has 0 saturated carbocycles. The molecule has 1 heterocycles. The second-order valence-corrected chi connectivity index (χ2v) is 3.48. The third-order valence-electron chi connectivity index (χ3n) is 2.36. The van der Waals surface area contributed by atoms with Crippen molar-refractivity contribution in [1.29, 1.82) is 0 Å². The predicted molar refractivity (Wildman–Crippen MR) is 57.9 cm³/mol. The first-order valence-corrected chi connectivity index (χ1v) is 4.65. The minimum Gasteiger partial charge on any atom is -0.504 e. The summed E-state index contributed by atoms with van der Waals surface area (Å²) in [5, 5.41) is 21.5. The molecule has 0 saturated heterocycles. The van der Waals surface area contributed by atoms with E-state index < -0.39 is 0 Å². The molecule has 0 spiro atoms. The van der Waals surface area contributed by atoms with Gasteiger partial charge in [-0.2, -0.15) is 0 Å². The lowest BCUT2D eigenvalue weighted by Crippen LogP contribution is -2.12. The van der Waals surface area contributed by atoms with Crippen molar-refractivity contribution in [1.82, 2.24) is 5.32 Å². The Bertz CT molecular complexity index is 438. The summed E-state index contributed by atoms with van der Waals surface area (Å²) < 4.78 is 0. The summed E-state index contributed by atoms with van der Waals surface area (Å²) in [6.07, 6.45) is 3.48. The molecule has 0 aromatic heterocycles. The molecule has 0 unspecified atom stereocenters. The van der Waals surface area contributed by atoms with Gasteiger partial charge < -0.3 is 15.5 Å². The molecular formula is C11H12N2O2. The highest BCUT2D eigenvalue weighted by atomic mass is 16.3. The number of nitrogens with one attached hydrogen (secondary N) is 1. The Labute approximate surface area is 87.6 Å². The fourth-order valence-corrected chi connectivity index (χ4v) is 1.54. The smallest absolute Gasteiger partial charge is 0.157 e. The van der Waals surface area contributed by atoms with Gasteiger partial charge in [0, 0.05) is 6.20 Å². The van der Waals surface area contributed by atoms with Crippen LogP contribution in [0.3, 0.4) is 0 Å². The zero-order valence-corrected chi connectivity index (χ0v) is 8.31. The SMILES string of the molecule is CC1=CNC=N[C@@H]1c1ccc(O)c(O)c1. The van der Waals surface area contributed by atoms with E-state index in [2.05, 4.69) is 10.3 Å². The first kappa shape index (κ1) is 9.58. The number of nitrogens with zero attached hydrogens (tertiary/aromatic N) is 1. The van der Waals surface area contributed by atoms with Crippen LogP contribution in [0.4, 0.5) is 0 Å². The average Bonchev–Trinajstić information content (AvgIpc) is 2.23. The normalized spacial score (nSPS) is 19.5. The number of phenolic OH excluding ortho intramolecular Hbond substituents is 2. The van der Waals surface area contributed by atoms with Crippen molar-refractivity contribution in [2.24, 2.45) is 4.99 Å². The van der Waals surface area contributed by atoms with E-state index in [-0.39, 0.29) is 17.5 Å². The fourth-order valence-electron chi connectivity index (χ4n) is 1.54. The van der Waals surface area contributed by atoms with Crippen molar-refractivity contribution in [2.75, 3.05) is 0 Å². The molecule has 1 aliphatic rings. The minimum absolute atomic E-state index is 0.0854. The Morgan fingerprint density at radius 2 is 2.07 bits per heavy atom. The van der Waals surface area contributed by atoms with Crippen molar-refractivity contribution in [2.45, 2.75) is 13.0 Å². The summed E-state index contributed by atoms with van der Waals surface area (Å²) in [4.78, 5) is 4.25. The first-order chi connectivity index (χ1) is 7.18. The number of hydrogen-bond acceptors (Lipinski definition) is 4. The largest absolute Gasteiger partial charge is 0.504 e. The summed E-state index contributed by atoms with van der Waals surface area (Å²) in [6, 6.07) is 4.66. The molecule has 0 aliphatic carbocycles. The molecule has 0 bridgehead atoms. The lowest BCUT2D eigenvalue weighted by molar-refractivity contribution is 0.403. The Morgan fingerprint density at radius 3 is 2.73 bits per heavy atom. The van der Waals surface area contributed by atoms with Crippen LogP contribution in [0.2, 0.25) is 0 Å². The molecule has 1 aromatic carbocycles. The molecule has 78 valence electrons. The molecule has 1 aliphatic heterocycles. The van der Waals surface area contributed by atoms with Crippen LogP contribution in [-0.4, -0.2) is 16.6 Å². The van der Waals surface area contributed by atoms with Crippen molar-refractivity contribution in [3.8, 4) is 11.5 Å². The van der Waals surface area contributed by atoms with Crippen LogP contribution < -0.4 is 5.32 Å². The van der Waals surface area contributed by atoms with E-state index >= 15 is 0 Å². The van der Waals surface area contributed by atoms with E-state index in [0.717, 1.165) is 11.1 Å². The number of benzene rings is 1. The van der Waals surface area contributed by atoms with Gasteiger partial charge in [0.15, 0.2) is 11.5 Å². The van der Waals surface area contributed by atoms with E-state index in [0.29, 0.717) is 0 Å². The number of rotatable bonds is 1. The molecule has 0 amide bonds. The predicted octanol–water partition coefficient (Wildman–Crippen LogP) is 1.67. The van der Waals surface area contributed by atoms with Gasteiger partial charge in [-0.3, -0.25) is 4.99 Å². The Balaban J connectivity index is 2.37. The minimum atomic E-state index is -0.117. The molecular weight excluding hydrogens is 192 g/mol. The van der Waals surface area contributed by atoms with Crippen LogP contribution >= 0.6 is 0 Å². The van der Waals surface area contributed by atoms with Gasteiger partial charge in [-0.1, -0.05) is 6.07 Å². The molecule has 15 heavy (non-hydrogen) atoms. The van der Waals surface area contributed by atoms with E-state index in [9.17, 15) is 10.2 Å². The van der Waals surface area contributed by atoms with Crippen molar-refractivity contribution in [3.05, 3.63) is 35.5 Å². The number of phenols is 2. The van der Waals surface area contributed by atoms with E-state index in [1.165, 1.54) is 12.1 Å². The molecule has 1 atom stereocenters. The van der Waals surface area contributed by atoms with Crippen molar-refractivity contribution in [3.63, 3.8) is 0 Å². The monoisotopic (exact) mass is 204 g/mol. The number of hydrogen-bond donors (Lipinski definition) is 3. The number of aliphatic imine (C=N–C) groups is 1. The van der Waals surface area contributed by atoms with Gasteiger partial charge in [0.25, 0.3) is 0 Å². The van der Waals surface area contributed by atoms with Gasteiger partial charge in [-0.15, -0.1) is 0 Å². The summed E-state index contributed by atoms with van der Waals surface area (Å²) >= 11 is 0. The molecule has 3 N–H and O–H groups in total. The zero-order valence-electron chi connectivity index (χ0n) is 8.31. The van der Waals surface area contributed by atoms with Gasteiger partial charge in [0.05, 0.1) is 12.4 Å². The van der Waals surface area contributed by atoms with Crippen LogP contribution in [0.1, 0.15) is 18.5 Å². The average molecular weight is 204 g/mol. The highest BCUT2D eigenvalue weighted by Gasteiger charge is 2.15. The quantitative estimate of drug-likeness (QED) is 0.610. The topological polar surface area (TPSA) is 64.9 Å². The van der Waals surface area contributed by atoms with E-state index in [1.807, 2.05) is 13.1 Å². The molecule has 4 heteroatoms. The summed E-state index contributed by atoms with van der Waals surface area (Å²) in [6.45, 7) is 1.96. The molecule has 0 fully saturated rings. The Kier molecular flexibility index (Phi) is 2.33. The lowest BCUT2D eigenvalue weighted by atomic mass is 10.00. The number of aromatic hydroxyl groups is 2. The Hall–Kier alpha value is -1.97. The Morgan fingerprint density at radius 1 is 1.27 bits per heavy atom. The second kappa shape index (κ2) is 3.65. The third-order valence-corrected chi connectivity index (χ3v) is 2.36. The fraction of sp³-hybridized carbons (Fsp3) is 0.182. The van der Waals surface area contributed by atoms with Gasteiger partial charge in [0.2, 0.25) is 0 Å². The van der Waals surface area contributed by atoms with E-state index in [4.69, 9.17) is 0 Å². The maximum absolute atomic E-state index is 9.38. The lowest BCUT2D eigenvalue weighted by Gasteiger charge is -2.17. The molecule has 2 rings (SSSR count). The van der Waals surface area contributed by atoms with Crippen LogP contribution in [0.15, 0.2) is 35.0 Å². The van der Waals surface area contributed by atoms with Crippen LogP contribution in [0.5, 0.6) is 11.5 Å². The van der Waals surface area contributed by atoms with Crippen molar-refractivity contribution < 1.29 is 10.2 Å². The van der Waals surface area contributed by atoms with Crippen LogP contribution in [0.25, 0.3) is 0 Å².